The number of ether oxygens (including phenoxy) is 1. The van der Waals surface area contributed by atoms with Crippen molar-refractivity contribution >= 4 is 76.2 Å². The van der Waals surface area contributed by atoms with Crippen LogP contribution in [0.4, 0.5) is 11.4 Å². The lowest BCUT2D eigenvalue weighted by Crippen LogP contribution is -2.81. The number of rotatable bonds is 2. The lowest BCUT2D eigenvalue weighted by atomic mass is 9.50. The van der Waals surface area contributed by atoms with E-state index in [2.05, 4.69) is 10.6 Å². The third-order valence-electron chi connectivity index (χ3n) is 12.5. The molecule has 7 saturated heterocycles. The molecule has 256 valence electrons. The highest BCUT2D eigenvalue weighted by molar-refractivity contribution is 9.26. The zero-order valence-electron chi connectivity index (χ0n) is 26.6. The van der Waals surface area contributed by atoms with Gasteiger partial charge < -0.3 is 35.4 Å². The number of aliphatic hydroxyl groups excluding tert-OH is 2. The minimum Gasteiger partial charge on any atom is -0.394 e. The number of piperazine rings is 2. The number of amides is 4. The first-order chi connectivity index (χ1) is 23.5. The quantitative estimate of drug-likeness (QED) is 0.330. The zero-order chi connectivity index (χ0) is 34.2. The van der Waals surface area contributed by atoms with Gasteiger partial charge >= 0.3 is 0 Å². The Kier molecular flexibility index (Phi) is 5.91. The summed E-state index contributed by atoms with van der Waals surface area (Å²) in [6.45, 7) is 3.23. The molecular weight excluding hydrogens is 709 g/mol. The summed E-state index contributed by atoms with van der Waals surface area (Å²) in [6.07, 6.45) is -4.89. The summed E-state index contributed by atoms with van der Waals surface area (Å²) in [6, 6.07) is 13.8. The number of carbonyl (C=O) groups excluding carboxylic acids is 4. The maximum absolute atomic E-state index is 15.5. The average molecular weight is 741 g/mol. The van der Waals surface area contributed by atoms with Crippen molar-refractivity contribution in [1.82, 2.24) is 19.6 Å². The van der Waals surface area contributed by atoms with Crippen LogP contribution in [-0.4, -0.2) is 120 Å². The molecule has 49 heavy (non-hydrogen) atoms. The number of benzene rings is 2. The van der Waals surface area contributed by atoms with Crippen LogP contribution in [0.3, 0.4) is 0 Å². The molecule has 13 nitrogen and oxygen atoms in total. The van der Waals surface area contributed by atoms with E-state index in [0.29, 0.717) is 22.5 Å². The third-order valence-corrected chi connectivity index (χ3v) is 20.1. The molecule has 11 rings (SSSR count). The maximum atomic E-state index is 15.5. The standard InChI is InChI=1S/C32H32N6O7S4/c1-14(2)31-27(44)38-24-29(16-10-6-8-12-18(16)34-24)22(32(38,26(43)36(31)4)47-49-48-46-31)45-30-21(41)28(29)15-9-5-7-11-17(15)33-23(28)37(30)20(40)19(13-39)35(3)25(30)42/h5-12,14,19,21-24,33-34,39,41H,13H2,1-4H3/t19-,21-,22-,23-,24+,28?,29?,30-,31+,32-/m0/s1. The largest absolute Gasteiger partial charge is 0.394 e. The van der Waals surface area contributed by atoms with Crippen molar-refractivity contribution < 1.29 is 34.1 Å². The molecule has 7 fully saturated rings. The molecule has 17 heteroatoms. The monoisotopic (exact) mass is 740 g/mol. The summed E-state index contributed by atoms with van der Waals surface area (Å²) in [5, 5.41) is 30.8. The Hall–Kier alpha value is -2.80. The van der Waals surface area contributed by atoms with Crippen molar-refractivity contribution in [3.05, 3.63) is 59.7 Å². The maximum Gasteiger partial charge on any atom is 0.279 e. The number of aliphatic hydroxyl groups is 2. The van der Waals surface area contributed by atoms with Gasteiger partial charge in [-0.15, -0.1) is 0 Å². The lowest BCUT2D eigenvalue weighted by molar-refractivity contribution is -0.263. The number of fused-ring (bicyclic) bond motifs is 7. The van der Waals surface area contributed by atoms with Crippen LogP contribution < -0.4 is 10.6 Å². The van der Waals surface area contributed by atoms with Crippen molar-refractivity contribution in [3.63, 3.8) is 0 Å². The Bertz CT molecular complexity index is 1940. The summed E-state index contributed by atoms with van der Waals surface area (Å²) in [7, 11) is 8.45. The van der Waals surface area contributed by atoms with Gasteiger partial charge in [0, 0.05) is 25.5 Å². The van der Waals surface area contributed by atoms with Gasteiger partial charge in [-0.05, 0) is 70.4 Å². The molecule has 10 atom stereocenters. The highest BCUT2D eigenvalue weighted by Gasteiger charge is 2.95. The highest BCUT2D eigenvalue weighted by atomic mass is 33.7. The molecule has 2 aromatic carbocycles. The van der Waals surface area contributed by atoms with Crippen molar-refractivity contribution in [2.45, 2.75) is 70.7 Å². The first kappa shape index (κ1) is 31.0. The zero-order valence-corrected chi connectivity index (χ0v) is 29.9. The minimum absolute atomic E-state index is 0.270. The fourth-order valence-electron chi connectivity index (χ4n) is 10.7. The highest BCUT2D eigenvalue weighted by Crippen LogP contribution is 2.79. The van der Waals surface area contributed by atoms with Gasteiger partial charge in [-0.3, -0.25) is 29.0 Å². The number of nitrogens with zero attached hydrogens (tertiary/aromatic N) is 4. The molecule has 0 aliphatic carbocycles. The van der Waals surface area contributed by atoms with Crippen molar-refractivity contribution in [3.8, 4) is 0 Å². The van der Waals surface area contributed by atoms with Crippen LogP contribution in [0.1, 0.15) is 25.0 Å². The van der Waals surface area contributed by atoms with Gasteiger partial charge in [0.15, 0.2) is 4.87 Å². The molecule has 0 aromatic heterocycles. The number of anilines is 2. The smallest absolute Gasteiger partial charge is 0.279 e. The molecule has 0 radical (unpaired) electrons. The molecule has 4 spiro atoms. The van der Waals surface area contributed by atoms with Crippen molar-refractivity contribution in [1.29, 1.82) is 0 Å². The minimum atomic E-state index is -2.28. The molecule has 9 heterocycles. The fraction of sp³-hybridized carbons (Fsp3) is 0.500. The van der Waals surface area contributed by atoms with Crippen molar-refractivity contribution in [2.75, 3.05) is 31.3 Å². The van der Waals surface area contributed by atoms with Gasteiger partial charge in [0.25, 0.3) is 29.4 Å². The van der Waals surface area contributed by atoms with Gasteiger partial charge in [0.05, 0.1) is 17.4 Å². The predicted octanol–water partition coefficient (Wildman–Crippen LogP) is 1.55. The molecule has 4 bridgehead atoms. The normalized spacial score (nSPS) is 43.7. The number of likely N-dealkylation sites (N-methyl/N-ethyl adjacent to an activating group) is 2. The number of carbonyl (C=O) groups is 4. The van der Waals surface area contributed by atoms with Gasteiger partial charge in [0.2, 0.25) is 4.87 Å². The van der Waals surface area contributed by atoms with Crippen LogP contribution >= 0.6 is 41.2 Å². The van der Waals surface area contributed by atoms with Crippen molar-refractivity contribution in [2.24, 2.45) is 5.92 Å². The van der Waals surface area contributed by atoms with Gasteiger partial charge in [-0.25, -0.2) is 0 Å². The Morgan fingerprint density at radius 3 is 2.06 bits per heavy atom. The second-order valence-corrected chi connectivity index (χ2v) is 20.3. The average Bonchev–Trinajstić information content (AvgIpc) is 3.71. The summed E-state index contributed by atoms with van der Waals surface area (Å²) in [4.78, 5) is 63.0. The second kappa shape index (κ2) is 9.35. The number of hydrogen-bond donors (Lipinski definition) is 4. The first-order valence-electron chi connectivity index (χ1n) is 16.1. The molecular formula is C32H32N6O7S4. The Morgan fingerprint density at radius 1 is 0.837 bits per heavy atom. The Balaban J connectivity index is 1.37. The molecule has 0 saturated carbocycles. The molecule has 4 N–H and O–H groups in total. The SMILES string of the molecule is CC(C)[C@]12SSSS[C@]3(C(=O)N1C)[C@H]1O[C@@]45C(=O)N(C)[C@@H](CO)C(=O)N4[C@@H]4Nc6ccccc6C4([C@@H]5O)C14c1ccccc1N[C@@H]4N3C2=O. The molecule has 4 amide bonds. The lowest BCUT2D eigenvalue weighted by Gasteiger charge is -2.59. The first-order valence-corrected chi connectivity index (χ1v) is 20.9. The summed E-state index contributed by atoms with van der Waals surface area (Å²) in [5.74, 6) is -2.21. The van der Waals surface area contributed by atoms with Crippen LogP contribution in [0.15, 0.2) is 48.5 Å². The van der Waals surface area contributed by atoms with E-state index in [0.717, 1.165) is 4.90 Å². The Labute approximate surface area is 296 Å². The van der Waals surface area contributed by atoms with E-state index in [-0.39, 0.29) is 17.7 Å². The summed E-state index contributed by atoms with van der Waals surface area (Å²) >= 11 is 0. The predicted molar refractivity (Wildman–Crippen MR) is 185 cm³/mol. The number of para-hydroxylation sites is 2. The van der Waals surface area contributed by atoms with Gasteiger partial charge in [0.1, 0.15) is 30.6 Å². The van der Waals surface area contributed by atoms with Gasteiger partial charge in [-0.2, -0.15) is 0 Å². The number of nitrogens with one attached hydrogen (secondary N) is 2. The number of hydrogen-bond acceptors (Lipinski definition) is 13. The van der Waals surface area contributed by atoms with Crippen LogP contribution in [0.5, 0.6) is 0 Å². The van der Waals surface area contributed by atoms with E-state index in [1.165, 1.54) is 53.2 Å². The van der Waals surface area contributed by atoms with Crippen LogP contribution in [-0.2, 0) is 34.7 Å². The fourth-order valence-corrected chi connectivity index (χ4v) is 18.8. The van der Waals surface area contributed by atoms with E-state index in [1.54, 1.807) is 16.8 Å². The summed E-state index contributed by atoms with van der Waals surface area (Å²) in [5.41, 5.74) is -2.51. The van der Waals surface area contributed by atoms with Gasteiger partial charge in [-0.1, -0.05) is 50.2 Å². The van der Waals surface area contributed by atoms with Crippen LogP contribution in [0, 0.1) is 5.92 Å². The molecule has 9 aliphatic heterocycles. The molecule has 2 unspecified atom stereocenters. The second-order valence-electron chi connectivity index (χ2n) is 14.2. The topological polar surface area (TPSA) is 155 Å². The van der Waals surface area contributed by atoms with E-state index in [9.17, 15) is 19.8 Å². The molecule has 9 aliphatic rings. The van der Waals surface area contributed by atoms with Crippen LogP contribution in [0.2, 0.25) is 0 Å². The van der Waals surface area contributed by atoms with E-state index in [1.807, 2.05) is 62.4 Å². The van der Waals surface area contributed by atoms with E-state index in [4.69, 9.17) is 4.74 Å². The van der Waals surface area contributed by atoms with Crippen LogP contribution in [0.25, 0.3) is 0 Å². The van der Waals surface area contributed by atoms with E-state index < -0.39 is 75.3 Å². The third kappa shape index (κ3) is 2.78. The Morgan fingerprint density at radius 2 is 1.43 bits per heavy atom. The molecule has 2 aromatic rings. The van der Waals surface area contributed by atoms with E-state index >= 15 is 9.59 Å². The summed E-state index contributed by atoms with van der Waals surface area (Å²) < 4.78 is 7.21.